The molecule has 18 heavy (non-hydrogen) atoms. The molecule has 2 aromatic carbocycles. The lowest BCUT2D eigenvalue weighted by atomic mass is 10.1. The molecule has 94 valence electrons. The van der Waals surface area contributed by atoms with Gasteiger partial charge < -0.3 is 4.74 Å². The average molecular weight is 261 g/mol. The number of aryl methyl sites for hydroxylation is 2. The molecule has 0 atom stereocenters. The van der Waals surface area contributed by atoms with Crippen molar-refractivity contribution in [2.75, 3.05) is 0 Å². The van der Waals surface area contributed by atoms with E-state index in [2.05, 4.69) is 19.9 Å². The van der Waals surface area contributed by atoms with Gasteiger partial charge in [0, 0.05) is 10.6 Å². The molecule has 0 spiro atoms. The maximum absolute atomic E-state index is 6.19. The molecule has 2 rings (SSSR count). The second-order valence-electron chi connectivity index (χ2n) is 4.58. The summed E-state index contributed by atoms with van der Waals surface area (Å²) < 4.78 is 5.84. The summed E-state index contributed by atoms with van der Waals surface area (Å²) in [5, 5.41) is 0.764. The topological polar surface area (TPSA) is 9.23 Å². The van der Waals surface area contributed by atoms with Crippen LogP contribution in [0, 0.1) is 20.8 Å². The van der Waals surface area contributed by atoms with Crippen molar-refractivity contribution in [2.24, 2.45) is 0 Å². The lowest BCUT2D eigenvalue weighted by Gasteiger charge is -2.12. The Kier molecular flexibility index (Phi) is 3.93. The lowest BCUT2D eigenvalue weighted by Crippen LogP contribution is -1.98. The van der Waals surface area contributed by atoms with Crippen LogP contribution in [0.15, 0.2) is 36.4 Å². The summed E-state index contributed by atoms with van der Waals surface area (Å²) in [6.07, 6.45) is 0. The number of rotatable bonds is 3. The van der Waals surface area contributed by atoms with Crippen LogP contribution in [-0.4, -0.2) is 0 Å². The summed E-state index contributed by atoms with van der Waals surface area (Å²) in [6, 6.07) is 12.1. The van der Waals surface area contributed by atoms with E-state index in [4.69, 9.17) is 16.3 Å². The van der Waals surface area contributed by atoms with E-state index in [1.54, 1.807) is 0 Å². The maximum atomic E-state index is 6.19. The monoisotopic (exact) mass is 260 g/mol. The molecule has 0 bridgehead atoms. The quantitative estimate of drug-likeness (QED) is 0.767. The van der Waals surface area contributed by atoms with Crippen molar-refractivity contribution in [1.82, 2.24) is 0 Å². The highest BCUT2D eigenvalue weighted by molar-refractivity contribution is 6.31. The number of ether oxygens (including phenoxy) is 1. The molecule has 0 fully saturated rings. The molecule has 0 N–H and O–H groups in total. The van der Waals surface area contributed by atoms with Crippen LogP contribution in [0.4, 0.5) is 0 Å². The number of hydrogen-bond acceptors (Lipinski definition) is 1. The fraction of sp³-hybridized carbons (Fsp3) is 0.250. The fourth-order valence-electron chi connectivity index (χ4n) is 1.81. The molecule has 0 amide bonds. The van der Waals surface area contributed by atoms with Crippen molar-refractivity contribution in [2.45, 2.75) is 27.4 Å². The van der Waals surface area contributed by atoms with E-state index in [1.165, 1.54) is 11.1 Å². The van der Waals surface area contributed by atoms with Crippen LogP contribution >= 0.6 is 11.6 Å². The van der Waals surface area contributed by atoms with Crippen LogP contribution in [0.1, 0.15) is 22.3 Å². The van der Waals surface area contributed by atoms with Gasteiger partial charge in [-0.25, -0.2) is 0 Å². The molecule has 0 aromatic heterocycles. The van der Waals surface area contributed by atoms with Gasteiger partial charge >= 0.3 is 0 Å². The predicted octanol–water partition coefficient (Wildman–Crippen LogP) is 4.84. The second-order valence-corrected chi connectivity index (χ2v) is 4.99. The van der Waals surface area contributed by atoms with E-state index in [0.29, 0.717) is 6.61 Å². The molecular formula is C16H17ClO. The summed E-state index contributed by atoms with van der Waals surface area (Å²) in [7, 11) is 0. The Labute approximate surface area is 113 Å². The standard InChI is InChI=1S/C16H17ClO/c1-11-7-8-14(15(17)9-11)10-18-16-6-4-5-12(2)13(16)3/h4-9H,10H2,1-3H3. The highest BCUT2D eigenvalue weighted by atomic mass is 35.5. The zero-order valence-electron chi connectivity index (χ0n) is 11.0. The Bertz CT molecular complexity index is 561. The lowest BCUT2D eigenvalue weighted by molar-refractivity contribution is 0.304. The maximum Gasteiger partial charge on any atom is 0.122 e. The van der Waals surface area contributed by atoms with Crippen LogP contribution in [-0.2, 0) is 6.61 Å². The second kappa shape index (κ2) is 5.45. The highest BCUT2D eigenvalue weighted by Crippen LogP contribution is 2.24. The minimum atomic E-state index is 0.503. The summed E-state index contributed by atoms with van der Waals surface area (Å²) in [5.74, 6) is 0.923. The average Bonchev–Trinajstić information content (AvgIpc) is 2.33. The Hall–Kier alpha value is -1.47. The summed E-state index contributed by atoms with van der Waals surface area (Å²) >= 11 is 6.19. The number of halogens is 1. The zero-order chi connectivity index (χ0) is 13.1. The third-order valence-electron chi connectivity index (χ3n) is 3.15. The predicted molar refractivity (Wildman–Crippen MR) is 76.4 cm³/mol. The van der Waals surface area contributed by atoms with E-state index in [1.807, 2.05) is 37.3 Å². The van der Waals surface area contributed by atoms with Gasteiger partial charge in [0.25, 0.3) is 0 Å². The minimum Gasteiger partial charge on any atom is -0.489 e. The van der Waals surface area contributed by atoms with Gasteiger partial charge in [0.05, 0.1) is 0 Å². The van der Waals surface area contributed by atoms with Gasteiger partial charge in [-0.2, -0.15) is 0 Å². The minimum absolute atomic E-state index is 0.503. The highest BCUT2D eigenvalue weighted by Gasteiger charge is 2.04. The van der Waals surface area contributed by atoms with E-state index in [0.717, 1.165) is 21.9 Å². The molecule has 2 heteroatoms. The van der Waals surface area contributed by atoms with E-state index >= 15 is 0 Å². The summed E-state index contributed by atoms with van der Waals surface area (Å²) in [4.78, 5) is 0. The van der Waals surface area contributed by atoms with Crippen LogP contribution in [0.2, 0.25) is 5.02 Å². The van der Waals surface area contributed by atoms with Gasteiger partial charge in [-0.1, -0.05) is 35.9 Å². The molecule has 1 nitrogen and oxygen atoms in total. The Morgan fingerprint density at radius 3 is 2.56 bits per heavy atom. The molecule has 0 saturated heterocycles. The van der Waals surface area contributed by atoms with Gasteiger partial charge in [-0.05, 0) is 49.6 Å². The SMILES string of the molecule is Cc1ccc(COc2cccc(C)c2C)c(Cl)c1. The molecule has 2 aromatic rings. The molecule has 0 aliphatic carbocycles. The van der Waals surface area contributed by atoms with Crippen LogP contribution in [0.3, 0.4) is 0 Å². The third-order valence-corrected chi connectivity index (χ3v) is 3.50. The van der Waals surface area contributed by atoms with Crippen molar-refractivity contribution < 1.29 is 4.74 Å². The molecule has 0 saturated carbocycles. The summed E-state index contributed by atoms with van der Waals surface area (Å²) in [6.45, 7) is 6.69. The van der Waals surface area contributed by atoms with Crippen molar-refractivity contribution >= 4 is 11.6 Å². The zero-order valence-corrected chi connectivity index (χ0v) is 11.7. The first kappa shape index (κ1) is 13.0. The third kappa shape index (κ3) is 2.85. The first-order valence-corrected chi connectivity index (χ1v) is 6.40. The van der Waals surface area contributed by atoms with Crippen molar-refractivity contribution in [3.8, 4) is 5.75 Å². The first-order chi connectivity index (χ1) is 8.58. The molecule has 0 aliphatic rings. The molecular weight excluding hydrogens is 244 g/mol. The molecule has 0 aliphatic heterocycles. The van der Waals surface area contributed by atoms with Gasteiger partial charge in [-0.15, -0.1) is 0 Å². The van der Waals surface area contributed by atoms with Crippen molar-refractivity contribution in [1.29, 1.82) is 0 Å². The van der Waals surface area contributed by atoms with E-state index < -0.39 is 0 Å². The normalized spacial score (nSPS) is 10.4. The Morgan fingerprint density at radius 2 is 1.83 bits per heavy atom. The fourth-order valence-corrected chi connectivity index (χ4v) is 2.10. The van der Waals surface area contributed by atoms with Crippen LogP contribution in [0.25, 0.3) is 0 Å². The van der Waals surface area contributed by atoms with E-state index in [9.17, 15) is 0 Å². The molecule has 0 radical (unpaired) electrons. The Morgan fingerprint density at radius 1 is 1.06 bits per heavy atom. The van der Waals surface area contributed by atoms with Crippen molar-refractivity contribution in [3.63, 3.8) is 0 Å². The number of benzene rings is 2. The van der Waals surface area contributed by atoms with Crippen molar-refractivity contribution in [3.05, 3.63) is 63.7 Å². The smallest absolute Gasteiger partial charge is 0.122 e. The van der Waals surface area contributed by atoms with Gasteiger partial charge in [-0.3, -0.25) is 0 Å². The largest absolute Gasteiger partial charge is 0.489 e. The van der Waals surface area contributed by atoms with Crippen LogP contribution < -0.4 is 4.74 Å². The molecule has 0 heterocycles. The first-order valence-electron chi connectivity index (χ1n) is 6.02. The van der Waals surface area contributed by atoms with Gasteiger partial charge in [0.2, 0.25) is 0 Å². The van der Waals surface area contributed by atoms with E-state index in [-0.39, 0.29) is 0 Å². The van der Waals surface area contributed by atoms with Gasteiger partial charge in [0.15, 0.2) is 0 Å². The van der Waals surface area contributed by atoms with Gasteiger partial charge in [0.1, 0.15) is 12.4 Å². The number of hydrogen-bond donors (Lipinski definition) is 0. The molecule has 0 unspecified atom stereocenters. The van der Waals surface area contributed by atoms with Crippen LogP contribution in [0.5, 0.6) is 5.75 Å². The Balaban J connectivity index is 2.14. The summed E-state index contributed by atoms with van der Waals surface area (Å²) in [5.41, 5.74) is 4.60.